The number of aliphatic imine (C=N–C) groups is 1. The summed E-state index contributed by atoms with van der Waals surface area (Å²) in [7, 11) is 0. The molecule has 0 aromatic carbocycles. The average molecular weight is 416 g/mol. The van der Waals surface area contributed by atoms with Crippen molar-refractivity contribution in [3.8, 4) is 0 Å². The van der Waals surface area contributed by atoms with Crippen LogP contribution in [-0.4, -0.2) is 38.3 Å². The van der Waals surface area contributed by atoms with E-state index in [2.05, 4.69) is 32.3 Å². The topological polar surface area (TPSA) is 77.5 Å². The third-order valence-electron chi connectivity index (χ3n) is 7.19. The van der Waals surface area contributed by atoms with Crippen LogP contribution in [0.5, 0.6) is 0 Å². The highest BCUT2D eigenvalue weighted by Crippen LogP contribution is 2.93. The van der Waals surface area contributed by atoms with Crippen molar-refractivity contribution in [3.05, 3.63) is 39.3 Å². The van der Waals surface area contributed by atoms with Crippen LogP contribution >= 0.6 is 27.7 Å². The Hall–Kier alpha value is -1.47. The largest absolute Gasteiger partial charge is 0.504 e. The zero-order valence-electron chi connectivity index (χ0n) is 13.1. The molecule has 4 aliphatic heterocycles. The van der Waals surface area contributed by atoms with Gasteiger partial charge in [0.2, 0.25) is 0 Å². The molecular formula is C18H14BrN3O2S. The number of rotatable bonds is 0. The molecule has 4 unspecified atom stereocenters. The van der Waals surface area contributed by atoms with E-state index in [1.54, 1.807) is 0 Å². The van der Waals surface area contributed by atoms with E-state index in [0.717, 1.165) is 42.1 Å². The number of hydrogen-bond donors (Lipinski definition) is 3. The van der Waals surface area contributed by atoms with Crippen LogP contribution in [0.3, 0.4) is 0 Å². The smallest absolute Gasteiger partial charge is 0.170 e. The Labute approximate surface area is 156 Å². The number of piperidine rings is 1. The van der Waals surface area contributed by atoms with Gasteiger partial charge < -0.3 is 15.4 Å². The number of carbonyl (C=O) groups excluding carboxylic acids is 1. The summed E-state index contributed by atoms with van der Waals surface area (Å²) in [4.78, 5) is 20.8. The van der Waals surface area contributed by atoms with Gasteiger partial charge in [0.1, 0.15) is 0 Å². The molecule has 0 amide bonds. The van der Waals surface area contributed by atoms with Crippen molar-refractivity contribution in [2.24, 2.45) is 15.8 Å². The Bertz CT molecular complexity index is 1040. The highest BCUT2D eigenvalue weighted by Gasteiger charge is 2.96. The number of nitrogens with zero attached hydrogens (tertiary/aromatic N) is 1. The first kappa shape index (κ1) is 13.7. The maximum Gasteiger partial charge on any atom is 0.170 e. The van der Waals surface area contributed by atoms with Crippen molar-refractivity contribution in [1.29, 1.82) is 0 Å². The minimum absolute atomic E-state index is 0.126. The van der Waals surface area contributed by atoms with Crippen LogP contribution in [0.15, 0.2) is 27.4 Å². The molecule has 25 heavy (non-hydrogen) atoms. The van der Waals surface area contributed by atoms with Gasteiger partial charge in [-0.1, -0.05) is 6.08 Å². The fourth-order valence-corrected chi connectivity index (χ4v) is 9.23. The first-order valence-electron chi connectivity index (χ1n) is 8.61. The monoisotopic (exact) mass is 415 g/mol. The standard InChI is InChI=1S/C18H14BrN3O2S/c19-8-3-16-5-10-22-15-13(24)12-11-7(6-21-12)1-2-20-14(11)18(15,16)17(16,25-10)4-9(8)23/h3,6,10,21-22,24H,1-2,4-5H2. The van der Waals surface area contributed by atoms with Crippen molar-refractivity contribution >= 4 is 44.9 Å². The summed E-state index contributed by atoms with van der Waals surface area (Å²) in [5.41, 5.74) is 4.56. The van der Waals surface area contributed by atoms with Gasteiger partial charge in [0.25, 0.3) is 0 Å². The van der Waals surface area contributed by atoms with E-state index in [0.29, 0.717) is 16.7 Å². The van der Waals surface area contributed by atoms with Crippen LogP contribution in [0.1, 0.15) is 29.7 Å². The summed E-state index contributed by atoms with van der Waals surface area (Å²) in [6.45, 7) is 0.772. The lowest BCUT2D eigenvalue weighted by Crippen LogP contribution is -2.50. The van der Waals surface area contributed by atoms with Crippen LogP contribution in [0.2, 0.25) is 0 Å². The van der Waals surface area contributed by atoms with Crippen LogP contribution in [-0.2, 0) is 11.2 Å². The molecule has 3 N–H and O–H groups in total. The van der Waals surface area contributed by atoms with E-state index in [1.807, 2.05) is 18.0 Å². The maximum absolute atomic E-state index is 12.6. The Morgan fingerprint density at radius 2 is 2.32 bits per heavy atom. The van der Waals surface area contributed by atoms with Gasteiger partial charge in [0.05, 0.1) is 37.1 Å². The molecule has 8 rings (SSSR count). The van der Waals surface area contributed by atoms with Gasteiger partial charge in [0.15, 0.2) is 11.5 Å². The molecule has 1 aromatic heterocycles. The third kappa shape index (κ3) is 1.06. The number of aliphatic hydroxyl groups excluding tert-OH is 1. The number of Topliss-reactive ketones (excluding diaryl/α,β-unsaturated/α-hetero) is 1. The predicted molar refractivity (Wildman–Crippen MR) is 98.8 cm³/mol. The number of aromatic amines is 1. The Kier molecular flexibility index (Phi) is 2.00. The lowest BCUT2D eigenvalue weighted by atomic mass is 9.72. The molecule has 3 spiro atoms. The van der Waals surface area contributed by atoms with E-state index >= 15 is 0 Å². The first-order valence-corrected chi connectivity index (χ1v) is 10.3. The van der Waals surface area contributed by atoms with Gasteiger partial charge in [0, 0.05) is 30.1 Å². The zero-order valence-corrected chi connectivity index (χ0v) is 15.6. The van der Waals surface area contributed by atoms with Gasteiger partial charge >= 0.3 is 0 Å². The van der Waals surface area contributed by atoms with Gasteiger partial charge in [-0.05, 0) is 34.3 Å². The number of halogens is 1. The molecule has 1 aromatic rings. The summed E-state index contributed by atoms with van der Waals surface area (Å²) in [5.74, 6) is 0.482. The molecule has 7 heteroatoms. The second kappa shape index (κ2) is 3.64. The molecule has 4 bridgehead atoms. The highest BCUT2D eigenvalue weighted by atomic mass is 79.9. The number of ketones is 1. The summed E-state index contributed by atoms with van der Waals surface area (Å²) < 4.78 is 0.495. The van der Waals surface area contributed by atoms with E-state index in [1.165, 1.54) is 5.56 Å². The molecule has 1 saturated carbocycles. The van der Waals surface area contributed by atoms with E-state index in [4.69, 9.17) is 4.99 Å². The van der Waals surface area contributed by atoms with Crippen molar-refractivity contribution in [3.63, 3.8) is 0 Å². The normalized spacial score (nSPS) is 44.4. The van der Waals surface area contributed by atoms with E-state index in [-0.39, 0.29) is 26.7 Å². The lowest BCUT2D eigenvalue weighted by molar-refractivity contribution is -0.115. The lowest BCUT2D eigenvalue weighted by Gasteiger charge is -2.43. The summed E-state index contributed by atoms with van der Waals surface area (Å²) in [6, 6.07) is 0. The van der Waals surface area contributed by atoms with Gasteiger partial charge in [-0.15, -0.1) is 11.8 Å². The van der Waals surface area contributed by atoms with Crippen LogP contribution in [0.4, 0.5) is 0 Å². The minimum atomic E-state index is -0.390. The Morgan fingerprint density at radius 3 is 3.20 bits per heavy atom. The molecule has 4 atom stereocenters. The van der Waals surface area contributed by atoms with E-state index < -0.39 is 0 Å². The number of aliphatic hydroxyl groups is 1. The summed E-state index contributed by atoms with van der Waals surface area (Å²) >= 11 is 5.39. The van der Waals surface area contributed by atoms with Crippen LogP contribution in [0, 0.1) is 10.8 Å². The Balaban J connectivity index is 1.63. The third-order valence-corrected chi connectivity index (χ3v) is 9.65. The molecule has 0 radical (unpaired) electrons. The summed E-state index contributed by atoms with van der Waals surface area (Å²) in [5, 5.41) is 14.9. The fraction of sp³-hybridized carbons (Fsp3) is 0.444. The van der Waals surface area contributed by atoms with Crippen LogP contribution in [0.25, 0.3) is 5.76 Å². The molecular weight excluding hydrogens is 402 g/mol. The minimum Gasteiger partial charge on any atom is -0.504 e. The summed E-state index contributed by atoms with van der Waals surface area (Å²) in [6.07, 6.45) is 6.54. The number of H-pyrrole nitrogens is 1. The number of nitrogens with one attached hydrogen (secondary N) is 2. The number of allylic oxidation sites excluding steroid dienone is 3. The molecule has 5 nitrogen and oxygen atoms in total. The van der Waals surface area contributed by atoms with Crippen molar-refractivity contribution in [2.45, 2.75) is 29.4 Å². The Morgan fingerprint density at radius 1 is 1.44 bits per heavy atom. The number of carbonyl (C=O) groups is 1. The second-order valence-corrected chi connectivity index (χ2v) is 10.2. The quantitative estimate of drug-likeness (QED) is 0.608. The number of aromatic nitrogens is 1. The molecule has 3 aliphatic carbocycles. The first-order chi connectivity index (χ1) is 12.1. The number of hydrogen-bond acceptors (Lipinski definition) is 5. The van der Waals surface area contributed by atoms with Gasteiger partial charge in [-0.2, -0.15) is 0 Å². The molecule has 4 fully saturated rings. The molecule has 126 valence electrons. The SMILES string of the molecule is O=C1CC23SC4CC2(C=C1Br)C31C2=NCCc3c[nH]c(c32)C(O)=C1N4. The second-order valence-electron chi connectivity index (χ2n) is 7.86. The van der Waals surface area contributed by atoms with Crippen molar-refractivity contribution < 1.29 is 9.90 Å². The average Bonchev–Trinajstić information content (AvgIpc) is 2.90. The highest BCUT2D eigenvalue weighted by molar-refractivity contribution is 9.12. The van der Waals surface area contributed by atoms with Gasteiger partial charge in [-0.3, -0.25) is 9.79 Å². The van der Waals surface area contributed by atoms with Gasteiger partial charge in [-0.25, -0.2) is 0 Å². The maximum atomic E-state index is 12.6. The van der Waals surface area contributed by atoms with E-state index in [9.17, 15) is 9.90 Å². The van der Waals surface area contributed by atoms with Crippen molar-refractivity contribution in [1.82, 2.24) is 10.3 Å². The molecule has 5 heterocycles. The molecule has 3 saturated heterocycles. The predicted octanol–water partition coefficient (Wildman–Crippen LogP) is 2.64. The zero-order chi connectivity index (χ0) is 16.8. The number of thioether (sulfide) groups is 1. The molecule has 7 aliphatic rings. The van der Waals surface area contributed by atoms with Crippen molar-refractivity contribution in [2.75, 3.05) is 6.54 Å². The fourth-order valence-electron chi connectivity index (χ4n) is 6.46. The van der Waals surface area contributed by atoms with Crippen LogP contribution < -0.4 is 5.32 Å².